The van der Waals surface area contributed by atoms with Crippen LogP contribution in [0.2, 0.25) is 0 Å². The fraction of sp³-hybridized carbons (Fsp3) is 0.769. The highest BCUT2D eigenvalue weighted by molar-refractivity contribution is 9.10. The molecule has 1 aliphatic rings. The van der Waals surface area contributed by atoms with Crippen molar-refractivity contribution in [1.29, 1.82) is 0 Å². The Bertz CT molecular complexity index is 416. The van der Waals surface area contributed by atoms with E-state index in [1.165, 1.54) is 0 Å². The van der Waals surface area contributed by atoms with Gasteiger partial charge in [0.05, 0.1) is 35.1 Å². The lowest BCUT2D eigenvalue weighted by Gasteiger charge is -2.36. The second kappa shape index (κ2) is 6.35. The van der Waals surface area contributed by atoms with E-state index in [1.807, 2.05) is 0 Å². The van der Waals surface area contributed by atoms with E-state index in [-0.39, 0.29) is 0 Å². The Morgan fingerprint density at radius 2 is 2.16 bits per heavy atom. The minimum Gasteiger partial charge on any atom is -0.387 e. The minimum atomic E-state index is -1.04. The quantitative estimate of drug-likeness (QED) is 0.865. The van der Waals surface area contributed by atoms with Gasteiger partial charge in [0.2, 0.25) is 0 Å². The topological polar surface area (TPSA) is 67.5 Å². The molecule has 0 bridgehead atoms. The molecule has 0 aromatic carbocycles. The van der Waals surface area contributed by atoms with Crippen LogP contribution in [0.15, 0.2) is 10.7 Å². The highest BCUT2D eigenvalue weighted by Gasteiger charge is 2.40. The Kier molecular flexibility index (Phi) is 5.00. The first-order chi connectivity index (χ1) is 9.08. The lowest BCUT2D eigenvalue weighted by Crippen LogP contribution is -2.39. The molecule has 0 radical (unpaired) electrons. The first-order valence-electron chi connectivity index (χ1n) is 6.69. The predicted molar refractivity (Wildman–Crippen MR) is 74.8 cm³/mol. The lowest BCUT2D eigenvalue weighted by molar-refractivity contribution is -0.103. The molecule has 1 aromatic rings. The maximum absolute atomic E-state index is 10.6. The zero-order valence-corrected chi connectivity index (χ0v) is 12.8. The van der Waals surface area contributed by atoms with Gasteiger partial charge in [-0.15, -0.1) is 0 Å². The average molecular weight is 333 g/mol. The number of aromatic nitrogens is 2. The van der Waals surface area contributed by atoms with Crippen LogP contribution in [0.25, 0.3) is 0 Å². The Balaban J connectivity index is 2.21. The van der Waals surface area contributed by atoms with Gasteiger partial charge in [-0.1, -0.05) is 19.3 Å². The molecule has 0 amide bonds. The third kappa shape index (κ3) is 3.18. The first kappa shape index (κ1) is 15.0. The second-order valence-corrected chi connectivity index (χ2v) is 6.01. The van der Waals surface area contributed by atoms with Gasteiger partial charge in [-0.05, 0) is 28.8 Å². The van der Waals surface area contributed by atoms with Gasteiger partial charge in [-0.3, -0.25) is 4.68 Å². The summed E-state index contributed by atoms with van der Waals surface area (Å²) < 4.78 is 7.47. The molecule has 108 valence electrons. The third-order valence-electron chi connectivity index (χ3n) is 3.83. The second-order valence-electron chi connectivity index (χ2n) is 5.16. The summed E-state index contributed by atoms with van der Waals surface area (Å²) in [5.74, 6) is 0. The zero-order chi connectivity index (χ0) is 13.9. The van der Waals surface area contributed by atoms with E-state index >= 15 is 0 Å². The van der Waals surface area contributed by atoms with E-state index in [0.29, 0.717) is 31.7 Å². The van der Waals surface area contributed by atoms with E-state index < -0.39 is 11.7 Å². The summed E-state index contributed by atoms with van der Waals surface area (Å²) in [5, 5.41) is 25.4. The molecule has 2 rings (SSSR count). The number of ether oxygens (including phenoxy) is 1. The molecule has 19 heavy (non-hydrogen) atoms. The molecule has 6 heteroatoms. The van der Waals surface area contributed by atoms with Crippen molar-refractivity contribution in [2.24, 2.45) is 0 Å². The standard InChI is InChI=1S/C13H21BrN2O3/c1-19-8-7-16-11(10(14)9-15-16)12(17)13(18)5-3-2-4-6-13/h9,12,17-18H,2-8H2,1H3. The molecule has 0 saturated heterocycles. The Hall–Kier alpha value is -0.430. The molecule has 1 atom stereocenters. The molecule has 0 spiro atoms. The fourth-order valence-corrected chi connectivity index (χ4v) is 3.20. The van der Waals surface area contributed by atoms with Gasteiger partial charge in [-0.25, -0.2) is 0 Å². The Morgan fingerprint density at radius 3 is 2.79 bits per heavy atom. The number of rotatable bonds is 5. The monoisotopic (exact) mass is 332 g/mol. The van der Waals surface area contributed by atoms with Crippen LogP contribution in [0, 0.1) is 0 Å². The SMILES string of the molecule is COCCn1ncc(Br)c1C(O)C1(O)CCCCC1. The molecule has 1 aliphatic carbocycles. The summed E-state index contributed by atoms with van der Waals surface area (Å²) in [5.41, 5.74) is -0.396. The molecule has 5 nitrogen and oxygen atoms in total. The van der Waals surface area contributed by atoms with E-state index in [4.69, 9.17) is 4.74 Å². The fourth-order valence-electron chi connectivity index (χ4n) is 2.69. The van der Waals surface area contributed by atoms with Crippen molar-refractivity contribution in [3.8, 4) is 0 Å². The molecular formula is C13H21BrN2O3. The van der Waals surface area contributed by atoms with Crippen LogP contribution in [0.1, 0.15) is 43.9 Å². The van der Waals surface area contributed by atoms with Gasteiger partial charge in [0.15, 0.2) is 0 Å². The van der Waals surface area contributed by atoms with Crippen molar-refractivity contribution >= 4 is 15.9 Å². The summed E-state index contributed by atoms with van der Waals surface area (Å²) in [7, 11) is 1.63. The molecule has 1 heterocycles. The van der Waals surface area contributed by atoms with Crippen molar-refractivity contribution in [3.63, 3.8) is 0 Å². The normalized spacial score (nSPS) is 20.4. The van der Waals surface area contributed by atoms with Gasteiger partial charge < -0.3 is 14.9 Å². The number of aliphatic hydroxyl groups excluding tert-OH is 1. The smallest absolute Gasteiger partial charge is 0.125 e. The van der Waals surface area contributed by atoms with Crippen molar-refractivity contribution in [2.75, 3.05) is 13.7 Å². The van der Waals surface area contributed by atoms with Crippen molar-refractivity contribution in [2.45, 2.75) is 50.4 Å². The average Bonchev–Trinajstić information content (AvgIpc) is 2.77. The summed E-state index contributed by atoms with van der Waals surface area (Å²) >= 11 is 3.41. The Labute approximate surface area is 121 Å². The van der Waals surface area contributed by atoms with Crippen molar-refractivity contribution in [1.82, 2.24) is 9.78 Å². The van der Waals surface area contributed by atoms with E-state index in [1.54, 1.807) is 18.0 Å². The number of hydrogen-bond acceptors (Lipinski definition) is 4. The molecule has 2 N–H and O–H groups in total. The summed E-state index contributed by atoms with van der Waals surface area (Å²) in [4.78, 5) is 0. The number of hydrogen-bond donors (Lipinski definition) is 2. The molecule has 0 aliphatic heterocycles. The predicted octanol–water partition coefficient (Wildman–Crippen LogP) is 2.02. The van der Waals surface area contributed by atoms with E-state index in [2.05, 4.69) is 21.0 Å². The largest absolute Gasteiger partial charge is 0.387 e. The molecular weight excluding hydrogens is 312 g/mol. The molecule has 1 saturated carbocycles. The van der Waals surface area contributed by atoms with Gasteiger partial charge in [-0.2, -0.15) is 5.10 Å². The van der Waals surface area contributed by atoms with Crippen LogP contribution in [-0.2, 0) is 11.3 Å². The highest BCUT2D eigenvalue weighted by atomic mass is 79.9. The molecule has 1 fully saturated rings. The van der Waals surface area contributed by atoms with Crippen LogP contribution in [-0.4, -0.2) is 39.3 Å². The van der Waals surface area contributed by atoms with Crippen LogP contribution in [0.3, 0.4) is 0 Å². The van der Waals surface area contributed by atoms with Crippen molar-refractivity contribution < 1.29 is 14.9 Å². The van der Waals surface area contributed by atoms with Gasteiger partial charge in [0, 0.05) is 7.11 Å². The molecule has 1 aromatic heterocycles. The number of halogens is 1. The zero-order valence-electron chi connectivity index (χ0n) is 11.2. The van der Waals surface area contributed by atoms with E-state index in [9.17, 15) is 10.2 Å². The lowest BCUT2D eigenvalue weighted by atomic mass is 9.79. The molecule has 1 unspecified atom stereocenters. The van der Waals surface area contributed by atoms with Gasteiger partial charge in [0.1, 0.15) is 6.10 Å². The highest BCUT2D eigenvalue weighted by Crippen LogP contribution is 2.40. The van der Waals surface area contributed by atoms with Crippen LogP contribution in [0.5, 0.6) is 0 Å². The van der Waals surface area contributed by atoms with Gasteiger partial charge >= 0.3 is 0 Å². The Morgan fingerprint density at radius 1 is 1.47 bits per heavy atom. The minimum absolute atomic E-state index is 0.520. The van der Waals surface area contributed by atoms with E-state index in [0.717, 1.165) is 23.7 Å². The third-order valence-corrected chi connectivity index (χ3v) is 4.44. The van der Waals surface area contributed by atoms with Crippen LogP contribution < -0.4 is 0 Å². The first-order valence-corrected chi connectivity index (χ1v) is 7.48. The van der Waals surface area contributed by atoms with Gasteiger partial charge in [0.25, 0.3) is 0 Å². The summed E-state index contributed by atoms with van der Waals surface area (Å²) in [6.07, 6.45) is 5.04. The number of methoxy groups -OCH3 is 1. The maximum atomic E-state index is 10.6. The van der Waals surface area contributed by atoms with Crippen molar-refractivity contribution in [3.05, 3.63) is 16.4 Å². The number of aliphatic hydroxyl groups is 2. The van der Waals surface area contributed by atoms with Crippen LogP contribution in [0.4, 0.5) is 0 Å². The summed E-state index contributed by atoms with van der Waals surface area (Å²) in [6, 6.07) is 0. The number of nitrogens with zero attached hydrogens (tertiary/aromatic N) is 2. The maximum Gasteiger partial charge on any atom is 0.125 e. The summed E-state index contributed by atoms with van der Waals surface area (Å²) in [6.45, 7) is 1.08. The van der Waals surface area contributed by atoms with Crippen LogP contribution >= 0.6 is 15.9 Å².